The molecule has 2 rings (SSSR count). The largest absolute Gasteiger partial charge is 0.398 e. The molecule has 0 saturated heterocycles. The molecule has 0 aliphatic rings. The summed E-state index contributed by atoms with van der Waals surface area (Å²) in [6, 6.07) is 3.98. The van der Waals surface area contributed by atoms with Gasteiger partial charge in [-0.25, -0.2) is 0 Å². The van der Waals surface area contributed by atoms with E-state index in [1.807, 2.05) is 23.8 Å². The van der Waals surface area contributed by atoms with Gasteiger partial charge in [-0.1, -0.05) is 6.07 Å². The van der Waals surface area contributed by atoms with Gasteiger partial charge in [0.1, 0.15) is 0 Å². The SMILES string of the molecule is CSc1ccc(CO)c2scc(N)c12. The summed E-state index contributed by atoms with van der Waals surface area (Å²) in [6.45, 7) is 0.0745. The third-order valence-corrected chi connectivity index (χ3v) is 4.04. The molecule has 1 aromatic carbocycles. The molecule has 2 nitrogen and oxygen atoms in total. The molecule has 0 bridgehead atoms. The first kappa shape index (κ1) is 9.83. The molecule has 0 fully saturated rings. The third-order valence-electron chi connectivity index (χ3n) is 2.18. The number of thiophene rings is 1. The molecule has 0 amide bonds. The molecular weight excluding hydrogens is 214 g/mol. The van der Waals surface area contributed by atoms with Crippen LogP contribution in [-0.2, 0) is 6.61 Å². The Morgan fingerprint density at radius 1 is 1.50 bits per heavy atom. The minimum Gasteiger partial charge on any atom is -0.398 e. The van der Waals surface area contributed by atoms with Crippen LogP contribution in [0.3, 0.4) is 0 Å². The summed E-state index contributed by atoms with van der Waals surface area (Å²) in [7, 11) is 0. The van der Waals surface area contributed by atoms with Crippen molar-refractivity contribution in [3.63, 3.8) is 0 Å². The fourth-order valence-corrected chi connectivity index (χ4v) is 3.18. The van der Waals surface area contributed by atoms with E-state index in [1.54, 1.807) is 23.1 Å². The highest BCUT2D eigenvalue weighted by molar-refractivity contribution is 7.98. The number of nitrogen functional groups attached to an aromatic ring is 1. The number of aliphatic hydroxyl groups excluding tert-OH is 1. The normalized spacial score (nSPS) is 11.0. The van der Waals surface area contributed by atoms with Gasteiger partial charge in [0.2, 0.25) is 0 Å². The van der Waals surface area contributed by atoms with E-state index in [0.29, 0.717) is 0 Å². The molecule has 14 heavy (non-hydrogen) atoms. The Labute approximate surface area is 90.7 Å². The molecule has 0 unspecified atom stereocenters. The smallest absolute Gasteiger partial charge is 0.0695 e. The summed E-state index contributed by atoms with van der Waals surface area (Å²) in [4.78, 5) is 1.18. The predicted octanol–water partition coefficient (Wildman–Crippen LogP) is 2.70. The molecule has 0 radical (unpaired) electrons. The van der Waals surface area contributed by atoms with E-state index < -0.39 is 0 Å². The average Bonchev–Trinajstić information content (AvgIpc) is 2.60. The Morgan fingerprint density at radius 3 is 2.93 bits per heavy atom. The quantitative estimate of drug-likeness (QED) is 0.772. The number of nitrogens with two attached hydrogens (primary N) is 1. The maximum atomic E-state index is 9.17. The molecule has 1 aromatic heterocycles. The Balaban J connectivity index is 2.81. The standard InChI is InChI=1S/C10H11NOS2/c1-13-8-3-2-6(4-12)10-9(8)7(11)5-14-10/h2-3,5,12H,4,11H2,1H3. The molecule has 1 heterocycles. The van der Waals surface area contributed by atoms with Crippen molar-refractivity contribution < 1.29 is 5.11 Å². The predicted molar refractivity (Wildman–Crippen MR) is 63.9 cm³/mol. The van der Waals surface area contributed by atoms with Crippen LogP contribution in [0.1, 0.15) is 5.56 Å². The van der Waals surface area contributed by atoms with Crippen molar-refractivity contribution in [1.82, 2.24) is 0 Å². The second-order valence-corrected chi connectivity index (χ2v) is 4.71. The van der Waals surface area contributed by atoms with Crippen LogP contribution in [-0.4, -0.2) is 11.4 Å². The van der Waals surface area contributed by atoms with Crippen molar-refractivity contribution in [1.29, 1.82) is 0 Å². The molecule has 0 atom stereocenters. The average molecular weight is 225 g/mol. The van der Waals surface area contributed by atoms with E-state index in [0.717, 1.165) is 21.3 Å². The lowest BCUT2D eigenvalue weighted by molar-refractivity contribution is 0.283. The van der Waals surface area contributed by atoms with Gasteiger partial charge in [-0.15, -0.1) is 23.1 Å². The molecule has 0 spiro atoms. The number of aliphatic hydroxyl groups is 1. The topological polar surface area (TPSA) is 46.2 Å². The Kier molecular flexibility index (Phi) is 2.67. The summed E-state index contributed by atoms with van der Waals surface area (Å²) in [6.07, 6.45) is 2.03. The first-order valence-corrected chi connectivity index (χ1v) is 6.31. The number of rotatable bonds is 2. The van der Waals surface area contributed by atoms with E-state index >= 15 is 0 Å². The van der Waals surface area contributed by atoms with Crippen LogP contribution in [0.2, 0.25) is 0 Å². The van der Waals surface area contributed by atoms with Gasteiger partial charge in [0.25, 0.3) is 0 Å². The molecule has 0 aliphatic heterocycles. The van der Waals surface area contributed by atoms with Crippen LogP contribution in [0.25, 0.3) is 10.1 Å². The zero-order chi connectivity index (χ0) is 10.1. The van der Waals surface area contributed by atoms with E-state index in [-0.39, 0.29) is 6.61 Å². The highest BCUT2D eigenvalue weighted by Gasteiger charge is 2.09. The van der Waals surface area contributed by atoms with Gasteiger partial charge in [0.15, 0.2) is 0 Å². The minimum atomic E-state index is 0.0745. The number of thioether (sulfide) groups is 1. The van der Waals surface area contributed by atoms with Gasteiger partial charge in [0.05, 0.1) is 12.3 Å². The second-order valence-electron chi connectivity index (χ2n) is 2.98. The van der Waals surface area contributed by atoms with E-state index in [1.165, 1.54) is 4.90 Å². The highest BCUT2D eigenvalue weighted by atomic mass is 32.2. The number of hydrogen-bond acceptors (Lipinski definition) is 4. The minimum absolute atomic E-state index is 0.0745. The maximum Gasteiger partial charge on any atom is 0.0695 e. The number of fused-ring (bicyclic) bond motifs is 1. The Morgan fingerprint density at radius 2 is 2.29 bits per heavy atom. The maximum absolute atomic E-state index is 9.17. The summed E-state index contributed by atoms with van der Waals surface area (Å²) in [5.74, 6) is 0. The first-order chi connectivity index (χ1) is 6.77. The first-order valence-electron chi connectivity index (χ1n) is 4.21. The zero-order valence-corrected chi connectivity index (χ0v) is 9.41. The molecule has 0 aliphatic carbocycles. The van der Waals surface area contributed by atoms with Crippen molar-refractivity contribution in [2.75, 3.05) is 12.0 Å². The third kappa shape index (κ3) is 1.39. The lowest BCUT2D eigenvalue weighted by Crippen LogP contribution is -1.87. The molecule has 74 valence electrons. The monoisotopic (exact) mass is 225 g/mol. The van der Waals surface area contributed by atoms with Crippen LogP contribution in [0.5, 0.6) is 0 Å². The van der Waals surface area contributed by atoms with Gasteiger partial charge in [0, 0.05) is 20.4 Å². The number of benzene rings is 1. The van der Waals surface area contributed by atoms with Gasteiger partial charge in [-0.05, 0) is 17.9 Å². The van der Waals surface area contributed by atoms with Crippen LogP contribution < -0.4 is 5.73 Å². The van der Waals surface area contributed by atoms with Crippen LogP contribution >= 0.6 is 23.1 Å². The number of hydrogen-bond donors (Lipinski definition) is 2. The van der Waals surface area contributed by atoms with Gasteiger partial charge < -0.3 is 10.8 Å². The van der Waals surface area contributed by atoms with Gasteiger partial charge in [-0.3, -0.25) is 0 Å². The van der Waals surface area contributed by atoms with E-state index in [9.17, 15) is 0 Å². The fraction of sp³-hybridized carbons (Fsp3) is 0.200. The highest BCUT2D eigenvalue weighted by Crippen LogP contribution is 2.37. The second kappa shape index (κ2) is 3.81. The molecule has 0 saturated carbocycles. The molecule has 4 heteroatoms. The van der Waals surface area contributed by atoms with Crippen LogP contribution in [0, 0.1) is 0 Å². The van der Waals surface area contributed by atoms with Gasteiger partial charge in [-0.2, -0.15) is 0 Å². The van der Waals surface area contributed by atoms with E-state index in [4.69, 9.17) is 10.8 Å². The van der Waals surface area contributed by atoms with Crippen molar-refractivity contribution >= 4 is 38.9 Å². The lowest BCUT2D eigenvalue weighted by Gasteiger charge is -2.04. The summed E-state index contributed by atoms with van der Waals surface area (Å²) < 4.78 is 1.11. The zero-order valence-electron chi connectivity index (χ0n) is 7.78. The van der Waals surface area contributed by atoms with Crippen molar-refractivity contribution in [2.24, 2.45) is 0 Å². The van der Waals surface area contributed by atoms with Crippen LogP contribution in [0.15, 0.2) is 22.4 Å². The fourth-order valence-electron chi connectivity index (χ4n) is 1.49. The van der Waals surface area contributed by atoms with Crippen molar-refractivity contribution in [2.45, 2.75) is 11.5 Å². The van der Waals surface area contributed by atoms with Crippen molar-refractivity contribution in [3.05, 3.63) is 23.1 Å². The summed E-state index contributed by atoms with van der Waals surface area (Å²) in [5.41, 5.74) is 7.66. The Hall–Kier alpha value is -0.710. The molecule has 3 N–H and O–H groups in total. The van der Waals surface area contributed by atoms with Crippen molar-refractivity contribution in [3.8, 4) is 0 Å². The Bertz CT molecular complexity index is 464. The van der Waals surface area contributed by atoms with Crippen LogP contribution in [0.4, 0.5) is 5.69 Å². The number of anilines is 1. The lowest BCUT2D eigenvalue weighted by atomic mass is 10.1. The van der Waals surface area contributed by atoms with Gasteiger partial charge >= 0.3 is 0 Å². The summed E-state index contributed by atoms with van der Waals surface area (Å²) in [5, 5.41) is 12.2. The molecular formula is C10H11NOS2. The molecule has 2 aromatic rings. The summed E-state index contributed by atoms with van der Waals surface area (Å²) >= 11 is 3.28. The van der Waals surface area contributed by atoms with E-state index in [2.05, 4.69) is 0 Å².